The maximum absolute atomic E-state index is 11.2. The summed E-state index contributed by atoms with van der Waals surface area (Å²) in [6.07, 6.45) is 2.04. The summed E-state index contributed by atoms with van der Waals surface area (Å²) in [6, 6.07) is 3.00. The molecule has 1 aliphatic heterocycles. The van der Waals surface area contributed by atoms with Crippen LogP contribution in [0.5, 0.6) is 5.75 Å². The van der Waals surface area contributed by atoms with Gasteiger partial charge in [-0.3, -0.25) is 4.55 Å². The molecule has 1 saturated heterocycles. The van der Waals surface area contributed by atoms with Crippen LogP contribution in [0.15, 0.2) is 17.0 Å². The summed E-state index contributed by atoms with van der Waals surface area (Å²) < 4.78 is 31.4. The van der Waals surface area contributed by atoms with E-state index in [-0.39, 0.29) is 5.75 Å². The summed E-state index contributed by atoms with van der Waals surface area (Å²) in [5.41, 5.74) is 1.17. The third-order valence-corrected chi connectivity index (χ3v) is 3.79. The first-order chi connectivity index (χ1) is 7.89. The van der Waals surface area contributed by atoms with E-state index in [9.17, 15) is 13.5 Å². The lowest BCUT2D eigenvalue weighted by Crippen LogP contribution is -2.18. The van der Waals surface area contributed by atoms with Crippen LogP contribution in [0.1, 0.15) is 18.4 Å². The van der Waals surface area contributed by atoms with Crippen molar-refractivity contribution >= 4 is 15.8 Å². The monoisotopic (exact) mass is 257 g/mol. The van der Waals surface area contributed by atoms with Gasteiger partial charge in [0.2, 0.25) is 0 Å². The molecule has 0 aromatic heterocycles. The first kappa shape index (κ1) is 12.2. The van der Waals surface area contributed by atoms with E-state index in [1.54, 1.807) is 13.0 Å². The highest BCUT2D eigenvalue weighted by atomic mass is 32.2. The quantitative estimate of drug-likeness (QED) is 0.786. The number of anilines is 1. The smallest absolute Gasteiger partial charge is 0.298 e. The van der Waals surface area contributed by atoms with Crippen LogP contribution >= 0.6 is 0 Å². The Morgan fingerprint density at radius 1 is 1.24 bits per heavy atom. The summed E-state index contributed by atoms with van der Waals surface area (Å²) in [7, 11) is -4.38. The van der Waals surface area contributed by atoms with E-state index in [4.69, 9.17) is 4.55 Å². The molecule has 1 aliphatic rings. The third kappa shape index (κ3) is 2.37. The molecule has 0 unspecified atom stereocenters. The van der Waals surface area contributed by atoms with Crippen molar-refractivity contribution in [3.63, 3.8) is 0 Å². The molecular weight excluding hydrogens is 242 g/mol. The molecule has 94 valence electrons. The number of aryl methyl sites for hydroxylation is 1. The van der Waals surface area contributed by atoms with Gasteiger partial charge in [-0.2, -0.15) is 8.42 Å². The zero-order valence-electron chi connectivity index (χ0n) is 9.55. The molecule has 0 atom stereocenters. The van der Waals surface area contributed by atoms with Crippen molar-refractivity contribution in [2.45, 2.75) is 24.7 Å². The molecule has 6 heteroatoms. The second kappa shape index (κ2) is 4.19. The molecule has 0 radical (unpaired) electrons. The van der Waals surface area contributed by atoms with Crippen molar-refractivity contribution < 1.29 is 18.1 Å². The molecular formula is C11H15NO4S. The first-order valence-electron chi connectivity index (χ1n) is 5.45. The fraction of sp³-hybridized carbons (Fsp3) is 0.455. The summed E-state index contributed by atoms with van der Waals surface area (Å²) in [5, 5.41) is 9.93. The normalized spacial score (nSPS) is 16.5. The molecule has 5 nitrogen and oxygen atoms in total. The van der Waals surface area contributed by atoms with Gasteiger partial charge in [-0.15, -0.1) is 0 Å². The van der Waals surface area contributed by atoms with Gasteiger partial charge in [-0.05, 0) is 37.5 Å². The van der Waals surface area contributed by atoms with Crippen LogP contribution in [-0.2, 0) is 10.1 Å². The Bertz CT molecular complexity index is 533. The largest absolute Gasteiger partial charge is 0.504 e. The van der Waals surface area contributed by atoms with Crippen LogP contribution in [0.3, 0.4) is 0 Å². The number of hydrogen-bond acceptors (Lipinski definition) is 4. The van der Waals surface area contributed by atoms with Crippen molar-refractivity contribution in [3.8, 4) is 5.75 Å². The molecule has 0 spiro atoms. The minimum Gasteiger partial charge on any atom is -0.504 e. The van der Waals surface area contributed by atoms with Gasteiger partial charge in [0.1, 0.15) is 4.90 Å². The molecule has 1 aromatic rings. The molecule has 0 bridgehead atoms. The zero-order chi connectivity index (χ0) is 12.6. The van der Waals surface area contributed by atoms with Gasteiger partial charge in [-0.1, -0.05) is 0 Å². The average Bonchev–Trinajstić information content (AvgIpc) is 2.72. The SMILES string of the molecule is Cc1cc(N2CCCC2)c(O)c(S(=O)(=O)O)c1. The fourth-order valence-electron chi connectivity index (χ4n) is 2.12. The summed E-state index contributed by atoms with van der Waals surface area (Å²) in [6.45, 7) is 3.32. The number of phenolic OH excluding ortho intramolecular Hbond substituents is 1. The molecule has 0 amide bonds. The Labute approximate surface area is 100 Å². The molecule has 2 N–H and O–H groups in total. The summed E-state index contributed by atoms with van der Waals surface area (Å²) >= 11 is 0. The second-order valence-corrected chi connectivity index (χ2v) is 5.69. The number of hydrogen-bond donors (Lipinski definition) is 2. The minimum absolute atomic E-state index is 0.361. The lowest BCUT2D eigenvalue weighted by atomic mass is 10.2. The van der Waals surface area contributed by atoms with E-state index in [1.165, 1.54) is 6.07 Å². The predicted octanol–water partition coefficient (Wildman–Crippen LogP) is 1.55. The standard InChI is InChI=1S/C11H15NO4S/c1-8-6-9(12-4-2-3-5-12)11(13)10(7-8)17(14,15)16/h6-7,13H,2-5H2,1H3,(H,14,15,16). The van der Waals surface area contributed by atoms with E-state index in [0.29, 0.717) is 11.3 Å². The predicted molar refractivity (Wildman–Crippen MR) is 64.1 cm³/mol. The lowest BCUT2D eigenvalue weighted by molar-refractivity contribution is 0.443. The highest BCUT2D eigenvalue weighted by molar-refractivity contribution is 7.86. The molecule has 0 saturated carbocycles. The topological polar surface area (TPSA) is 77.8 Å². The van der Waals surface area contributed by atoms with E-state index in [1.807, 2.05) is 4.90 Å². The molecule has 1 aromatic carbocycles. The van der Waals surface area contributed by atoms with Gasteiger partial charge in [0.05, 0.1) is 5.69 Å². The van der Waals surface area contributed by atoms with Gasteiger partial charge in [0.15, 0.2) is 5.75 Å². The number of benzene rings is 1. The lowest BCUT2D eigenvalue weighted by Gasteiger charge is -2.20. The number of nitrogens with zero attached hydrogens (tertiary/aromatic N) is 1. The Kier molecular flexibility index (Phi) is 3.01. The molecule has 2 rings (SSSR count). The van der Waals surface area contributed by atoms with Gasteiger partial charge in [0, 0.05) is 13.1 Å². The Morgan fingerprint density at radius 2 is 1.82 bits per heavy atom. The van der Waals surface area contributed by atoms with Crippen molar-refractivity contribution in [2.75, 3.05) is 18.0 Å². The Balaban J connectivity index is 2.57. The highest BCUT2D eigenvalue weighted by Gasteiger charge is 2.23. The van der Waals surface area contributed by atoms with E-state index < -0.39 is 15.0 Å². The van der Waals surface area contributed by atoms with Crippen LogP contribution in [-0.4, -0.2) is 31.2 Å². The van der Waals surface area contributed by atoms with Crippen molar-refractivity contribution in [3.05, 3.63) is 17.7 Å². The Morgan fingerprint density at radius 3 is 2.35 bits per heavy atom. The number of rotatable bonds is 2. The van der Waals surface area contributed by atoms with E-state index in [2.05, 4.69) is 0 Å². The summed E-state index contributed by atoms with van der Waals surface area (Å²) in [5.74, 6) is -0.361. The maximum atomic E-state index is 11.2. The van der Waals surface area contributed by atoms with Gasteiger partial charge < -0.3 is 10.0 Å². The molecule has 1 fully saturated rings. The van der Waals surface area contributed by atoms with Crippen LogP contribution in [0.2, 0.25) is 0 Å². The Hall–Kier alpha value is -1.27. The highest BCUT2D eigenvalue weighted by Crippen LogP contribution is 2.36. The number of phenols is 1. The van der Waals surface area contributed by atoms with Crippen molar-refractivity contribution in [1.82, 2.24) is 0 Å². The average molecular weight is 257 g/mol. The summed E-state index contributed by atoms with van der Waals surface area (Å²) in [4.78, 5) is 1.51. The maximum Gasteiger partial charge on any atom is 0.298 e. The van der Waals surface area contributed by atoms with Gasteiger partial charge in [-0.25, -0.2) is 0 Å². The molecule has 1 heterocycles. The van der Waals surface area contributed by atoms with Gasteiger partial charge in [0.25, 0.3) is 10.1 Å². The van der Waals surface area contributed by atoms with Crippen LogP contribution < -0.4 is 4.90 Å². The minimum atomic E-state index is -4.38. The second-order valence-electron chi connectivity index (χ2n) is 4.30. The van der Waals surface area contributed by atoms with Crippen LogP contribution in [0.25, 0.3) is 0 Å². The fourth-order valence-corrected chi connectivity index (χ4v) is 2.81. The molecule has 0 aliphatic carbocycles. The first-order valence-corrected chi connectivity index (χ1v) is 6.89. The van der Waals surface area contributed by atoms with Crippen LogP contribution in [0, 0.1) is 6.92 Å². The zero-order valence-corrected chi connectivity index (χ0v) is 10.4. The van der Waals surface area contributed by atoms with Crippen molar-refractivity contribution in [1.29, 1.82) is 0 Å². The third-order valence-electron chi connectivity index (χ3n) is 2.92. The van der Waals surface area contributed by atoms with Crippen LogP contribution in [0.4, 0.5) is 5.69 Å². The van der Waals surface area contributed by atoms with E-state index in [0.717, 1.165) is 25.9 Å². The van der Waals surface area contributed by atoms with Crippen molar-refractivity contribution in [2.24, 2.45) is 0 Å². The number of aromatic hydroxyl groups is 1. The molecule has 17 heavy (non-hydrogen) atoms. The van der Waals surface area contributed by atoms with Gasteiger partial charge >= 0.3 is 0 Å². The van der Waals surface area contributed by atoms with E-state index >= 15 is 0 Å².